The van der Waals surface area contributed by atoms with Crippen LogP contribution in [0.4, 0.5) is 8.78 Å². The molecule has 4 heteroatoms. The number of hydrogen-bond donors (Lipinski definition) is 1. The predicted octanol–water partition coefficient (Wildman–Crippen LogP) is 2.92. The van der Waals surface area contributed by atoms with E-state index in [4.69, 9.17) is 0 Å². The Morgan fingerprint density at radius 3 is 2.17 bits per heavy atom. The summed E-state index contributed by atoms with van der Waals surface area (Å²) in [7, 11) is 0. The third kappa shape index (κ3) is 1.96. The standard InChI is InChI=1S/C8H13BrF2O/c1-6-2-4-7(12,5-3-6)8(9,10)11/h6,12H,2-5H2,1H3. The lowest BCUT2D eigenvalue weighted by atomic mass is 9.80. The zero-order valence-corrected chi connectivity index (χ0v) is 8.57. The Kier molecular flexibility index (Phi) is 2.78. The Labute approximate surface area is 79.3 Å². The average Bonchev–Trinajstić information content (AvgIpc) is 1.93. The molecule has 0 spiro atoms. The van der Waals surface area contributed by atoms with E-state index in [1.165, 1.54) is 0 Å². The van der Waals surface area contributed by atoms with Gasteiger partial charge in [0, 0.05) is 0 Å². The molecule has 1 N–H and O–H groups in total. The Morgan fingerprint density at radius 1 is 1.42 bits per heavy atom. The molecule has 0 amide bonds. The SMILES string of the molecule is CC1CCC(O)(C(F)(F)Br)CC1. The fourth-order valence-electron chi connectivity index (χ4n) is 1.52. The van der Waals surface area contributed by atoms with E-state index >= 15 is 0 Å². The summed E-state index contributed by atoms with van der Waals surface area (Å²) in [5, 5.41) is 9.53. The van der Waals surface area contributed by atoms with E-state index in [1.807, 2.05) is 6.92 Å². The number of halogens is 3. The van der Waals surface area contributed by atoms with E-state index in [9.17, 15) is 13.9 Å². The highest BCUT2D eigenvalue weighted by Crippen LogP contribution is 2.45. The van der Waals surface area contributed by atoms with Gasteiger partial charge in [0.15, 0.2) is 0 Å². The topological polar surface area (TPSA) is 20.2 Å². The first-order valence-electron chi connectivity index (χ1n) is 4.14. The van der Waals surface area contributed by atoms with Crippen LogP contribution in [-0.4, -0.2) is 15.5 Å². The lowest BCUT2D eigenvalue weighted by Gasteiger charge is -2.37. The van der Waals surface area contributed by atoms with Crippen molar-refractivity contribution in [3.05, 3.63) is 0 Å². The van der Waals surface area contributed by atoms with Crippen molar-refractivity contribution in [2.24, 2.45) is 5.92 Å². The van der Waals surface area contributed by atoms with Gasteiger partial charge in [-0.25, -0.2) is 0 Å². The zero-order valence-electron chi connectivity index (χ0n) is 6.99. The van der Waals surface area contributed by atoms with Crippen LogP contribution in [0.2, 0.25) is 0 Å². The smallest absolute Gasteiger partial charge is 0.329 e. The van der Waals surface area contributed by atoms with Crippen LogP contribution in [0.5, 0.6) is 0 Å². The molecule has 1 aliphatic carbocycles. The van der Waals surface area contributed by atoms with Gasteiger partial charge in [0.25, 0.3) is 0 Å². The van der Waals surface area contributed by atoms with Crippen LogP contribution in [0.1, 0.15) is 32.6 Å². The summed E-state index contributed by atoms with van der Waals surface area (Å²) in [5.41, 5.74) is -1.82. The molecule has 0 saturated heterocycles. The van der Waals surface area contributed by atoms with Gasteiger partial charge in [0.05, 0.1) is 0 Å². The van der Waals surface area contributed by atoms with Gasteiger partial charge in [0.2, 0.25) is 0 Å². The van der Waals surface area contributed by atoms with Crippen molar-refractivity contribution in [2.75, 3.05) is 0 Å². The second-order valence-corrected chi connectivity index (χ2v) is 4.71. The molecule has 12 heavy (non-hydrogen) atoms. The monoisotopic (exact) mass is 242 g/mol. The fourth-order valence-corrected chi connectivity index (χ4v) is 1.92. The van der Waals surface area contributed by atoms with Crippen LogP contribution < -0.4 is 0 Å². The second-order valence-electron chi connectivity index (χ2n) is 3.71. The van der Waals surface area contributed by atoms with Crippen molar-refractivity contribution in [2.45, 2.75) is 43.0 Å². The molecule has 1 aliphatic rings. The van der Waals surface area contributed by atoms with E-state index in [0.29, 0.717) is 18.8 Å². The average molecular weight is 243 g/mol. The maximum Gasteiger partial charge on any atom is 0.329 e. The minimum absolute atomic E-state index is 0.187. The number of aliphatic hydroxyl groups is 1. The normalized spacial score (nSPS) is 38.2. The fraction of sp³-hybridized carbons (Fsp3) is 1.00. The summed E-state index contributed by atoms with van der Waals surface area (Å²) in [6.07, 6.45) is 1.73. The molecule has 1 saturated carbocycles. The minimum Gasteiger partial charge on any atom is -0.383 e. The van der Waals surface area contributed by atoms with Gasteiger partial charge in [-0.2, -0.15) is 8.78 Å². The first kappa shape index (κ1) is 10.4. The van der Waals surface area contributed by atoms with E-state index in [1.54, 1.807) is 0 Å². The largest absolute Gasteiger partial charge is 0.383 e. The molecule has 0 bridgehead atoms. The van der Waals surface area contributed by atoms with Gasteiger partial charge >= 0.3 is 4.83 Å². The van der Waals surface area contributed by atoms with Gasteiger partial charge in [0.1, 0.15) is 5.60 Å². The van der Waals surface area contributed by atoms with Crippen LogP contribution in [0, 0.1) is 5.92 Å². The van der Waals surface area contributed by atoms with Crippen molar-refractivity contribution < 1.29 is 13.9 Å². The molecule has 0 unspecified atom stereocenters. The van der Waals surface area contributed by atoms with E-state index < -0.39 is 10.4 Å². The summed E-state index contributed by atoms with van der Waals surface area (Å²) in [4.78, 5) is -3.14. The third-order valence-electron chi connectivity index (χ3n) is 2.63. The summed E-state index contributed by atoms with van der Waals surface area (Å²) in [6.45, 7) is 2.02. The van der Waals surface area contributed by atoms with Gasteiger partial charge in [-0.3, -0.25) is 0 Å². The Hall–Kier alpha value is 0.300. The summed E-state index contributed by atoms with van der Waals surface area (Å²) in [6, 6.07) is 0. The van der Waals surface area contributed by atoms with E-state index in [-0.39, 0.29) is 12.8 Å². The van der Waals surface area contributed by atoms with Crippen LogP contribution in [0.3, 0.4) is 0 Å². The maximum atomic E-state index is 12.8. The van der Waals surface area contributed by atoms with Crippen LogP contribution in [0.25, 0.3) is 0 Å². The Bertz CT molecular complexity index is 159. The lowest BCUT2D eigenvalue weighted by Crippen LogP contribution is -2.46. The molecule has 0 aromatic rings. The van der Waals surface area contributed by atoms with Crippen LogP contribution >= 0.6 is 15.9 Å². The molecular weight excluding hydrogens is 230 g/mol. The highest BCUT2D eigenvalue weighted by molar-refractivity contribution is 9.10. The molecule has 1 fully saturated rings. The molecule has 72 valence electrons. The number of rotatable bonds is 1. The highest BCUT2D eigenvalue weighted by Gasteiger charge is 2.51. The zero-order chi connectivity index (χ0) is 9.41. The second kappa shape index (κ2) is 3.22. The lowest BCUT2D eigenvalue weighted by molar-refractivity contribution is -0.139. The molecule has 1 rings (SSSR count). The molecule has 0 radical (unpaired) electrons. The maximum absolute atomic E-state index is 12.8. The van der Waals surface area contributed by atoms with Gasteiger partial charge < -0.3 is 5.11 Å². The van der Waals surface area contributed by atoms with Crippen molar-refractivity contribution in [3.8, 4) is 0 Å². The first-order valence-corrected chi connectivity index (χ1v) is 4.93. The van der Waals surface area contributed by atoms with Crippen molar-refractivity contribution >= 4 is 15.9 Å². The molecule has 0 atom stereocenters. The Balaban J connectivity index is 2.62. The van der Waals surface area contributed by atoms with E-state index in [0.717, 1.165) is 0 Å². The van der Waals surface area contributed by atoms with Crippen molar-refractivity contribution in [1.29, 1.82) is 0 Å². The molecule has 0 aromatic heterocycles. The number of alkyl halides is 3. The van der Waals surface area contributed by atoms with Crippen molar-refractivity contribution in [3.63, 3.8) is 0 Å². The quantitative estimate of drug-likeness (QED) is 0.702. The van der Waals surface area contributed by atoms with Gasteiger partial charge in [-0.15, -0.1) is 0 Å². The molecular formula is C8H13BrF2O. The van der Waals surface area contributed by atoms with Crippen LogP contribution in [0.15, 0.2) is 0 Å². The highest BCUT2D eigenvalue weighted by atomic mass is 79.9. The number of hydrogen-bond acceptors (Lipinski definition) is 1. The first-order chi connectivity index (χ1) is 5.35. The third-order valence-corrected chi connectivity index (χ3v) is 3.37. The van der Waals surface area contributed by atoms with Gasteiger partial charge in [-0.05, 0) is 47.5 Å². The summed E-state index contributed by atoms with van der Waals surface area (Å²) in [5.74, 6) is 0.458. The minimum atomic E-state index is -3.14. The molecule has 0 aliphatic heterocycles. The van der Waals surface area contributed by atoms with Crippen LogP contribution in [-0.2, 0) is 0 Å². The van der Waals surface area contributed by atoms with Gasteiger partial charge in [-0.1, -0.05) is 6.92 Å². The molecule has 1 nitrogen and oxygen atoms in total. The summed E-state index contributed by atoms with van der Waals surface area (Å²) < 4.78 is 25.6. The molecule has 0 heterocycles. The summed E-state index contributed by atoms with van der Waals surface area (Å²) >= 11 is 2.23. The van der Waals surface area contributed by atoms with E-state index in [2.05, 4.69) is 15.9 Å². The molecule has 0 aromatic carbocycles. The van der Waals surface area contributed by atoms with Crippen molar-refractivity contribution in [1.82, 2.24) is 0 Å². The predicted molar refractivity (Wildman–Crippen MR) is 46.5 cm³/mol. The Morgan fingerprint density at radius 2 is 1.83 bits per heavy atom.